The molecular weight excluding hydrogens is 364 g/mol. The molecule has 1 atom stereocenters. The third-order valence-electron chi connectivity index (χ3n) is 3.85. The molecule has 5 nitrogen and oxygen atoms in total. The third-order valence-corrected chi connectivity index (χ3v) is 4.87. The molecule has 138 valence electrons. The number of hydrogen-bond donors (Lipinski definition) is 0. The zero-order valence-electron chi connectivity index (χ0n) is 14.5. The second-order valence-corrected chi connectivity index (χ2v) is 6.43. The molecular formula is C17H33BrO5. The summed E-state index contributed by atoms with van der Waals surface area (Å²) in [5, 5.41) is 0.774. The average molecular weight is 397 g/mol. The number of ether oxygens (including phenoxy) is 5. The molecule has 0 amide bonds. The second kappa shape index (κ2) is 14.6. The Morgan fingerprint density at radius 3 is 1.87 bits per heavy atom. The summed E-state index contributed by atoms with van der Waals surface area (Å²) in [6, 6.07) is 0. The van der Waals surface area contributed by atoms with Crippen molar-refractivity contribution in [3.63, 3.8) is 0 Å². The van der Waals surface area contributed by atoms with E-state index < -0.39 is 0 Å². The summed E-state index contributed by atoms with van der Waals surface area (Å²) in [5.74, 6) is 0. The SMILES string of the molecule is CCCCCCC1(CBr)COCCOCCOCCOCCO1. The first-order valence-corrected chi connectivity index (χ1v) is 9.96. The van der Waals surface area contributed by atoms with Crippen molar-refractivity contribution >= 4 is 15.9 Å². The van der Waals surface area contributed by atoms with E-state index >= 15 is 0 Å². The van der Waals surface area contributed by atoms with Crippen LogP contribution in [0.3, 0.4) is 0 Å². The quantitative estimate of drug-likeness (QED) is 0.509. The molecule has 0 aromatic carbocycles. The summed E-state index contributed by atoms with van der Waals surface area (Å²) >= 11 is 3.62. The molecule has 1 rings (SSSR count). The number of rotatable bonds is 6. The first-order chi connectivity index (χ1) is 11.3. The molecule has 0 bridgehead atoms. The highest BCUT2D eigenvalue weighted by atomic mass is 79.9. The first kappa shape index (κ1) is 21.3. The number of unbranched alkanes of at least 4 members (excludes halogenated alkanes) is 3. The second-order valence-electron chi connectivity index (χ2n) is 5.87. The maximum absolute atomic E-state index is 6.16. The highest BCUT2D eigenvalue weighted by molar-refractivity contribution is 9.09. The van der Waals surface area contributed by atoms with Crippen LogP contribution >= 0.6 is 15.9 Å². The van der Waals surface area contributed by atoms with E-state index in [1.807, 2.05) is 0 Å². The molecule has 1 aliphatic rings. The van der Waals surface area contributed by atoms with Crippen LogP contribution < -0.4 is 0 Å². The molecule has 1 fully saturated rings. The van der Waals surface area contributed by atoms with Crippen LogP contribution in [0.2, 0.25) is 0 Å². The van der Waals surface area contributed by atoms with E-state index in [0.717, 1.165) is 18.2 Å². The van der Waals surface area contributed by atoms with Gasteiger partial charge in [0.25, 0.3) is 0 Å². The van der Waals surface area contributed by atoms with Crippen LogP contribution in [0, 0.1) is 0 Å². The van der Waals surface area contributed by atoms with E-state index in [1.165, 1.54) is 19.3 Å². The van der Waals surface area contributed by atoms with E-state index in [4.69, 9.17) is 23.7 Å². The summed E-state index contributed by atoms with van der Waals surface area (Å²) in [6.07, 6.45) is 5.92. The molecule has 0 aromatic heterocycles. The molecule has 1 unspecified atom stereocenters. The van der Waals surface area contributed by atoms with Crippen molar-refractivity contribution in [2.24, 2.45) is 0 Å². The minimum absolute atomic E-state index is 0.270. The molecule has 1 saturated heterocycles. The fraction of sp³-hybridized carbons (Fsp3) is 1.00. The number of halogens is 1. The average Bonchev–Trinajstić information content (AvgIpc) is 2.58. The van der Waals surface area contributed by atoms with Crippen LogP contribution in [-0.4, -0.2) is 70.4 Å². The minimum Gasteiger partial charge on any atom is -0.377 e. The summed E-state index contributed by atoms with van der Waals surface area (Å²) in [5.41, 5.74) is -0.270. The van der Waals surface area contributed by atoms with Gasteiger partial charge in [0.05, 0.1) is 59.5 Å². The Morgan fingerprint density at radius 1 is 0.739 bits per heavy atom. The normalized spacial score (nSPS) is 26.3. The lowest BCUT2D eigenvalue weighted by molar-refractivity contribution is -0.105. The van der Waals surface area contributed by atoms with Crippen molar-refractivity contribution in [3.8, 4) is 0 Å². The van der Waals surface area contributed by atoms with Crippen LogP contribution in [0.1, 0.15) is 39.0 Å². The lowest BCUT2D eigenvalue weighted by Gasteiger charge is -2.32. The van der Waals surface area contributed by atoms with Gasteiger partial charge in [-0.1, -0.05) is 48.5 Å². The van der Waals surface area contributed by atoms with Gasteiger partial charge in [-0.25, -0.2) is 0 Å². The molecule has 0 spiro atoms. The van der Waals surface area contributed by atoms with Crippen LogP contribution in [0.5, 0.6) is 0 Å². The van der Waals surface area contributed by atoms with Crippen molar-refractivity contribution in [2.75, 3.05) is 64.8 Å². The molecule has 1 aliphatic heterocycles. The van der Waals surface area contributed by atoms with Crippen molar-refractivity contribution < 1.29 is 23.7 Å². The fourth-order valence-corrected chi connectivity index (χ4v) is 3.04. The zero-order valence-corrected chi connectivity index (χ0v) is 16.1. The predicted molar refractivity (Wildman–Crippen MR) is 94.5 cm³/mol. The van der Waals surface area contributed by atoms with E-state index in [2.05, 4.69) is 22.9 Å². The maximum Gasteiger partial charge on any atom is 0.101 e. The van der Waals surface area contributed by atoms with Crippen molar-refractivity contribution in [2.45, 2.75) is 44.6 Å². The maximum atomic E-state index is 6.16. The Hall–Kier alpha value is 0.280. The molecule has 0 N–H and O–H groups in total. The monoisotopic (exact) mass is 396 g/mol. The summed E-state index contributed by atoms with van der Waals surface area (Å²) < 4.78 is 28.4. The van der Waals surface area contributed by atoms with Gasteiger partial charge in [-0.2, -0.15) is 0 Å². The number of hydrogen-bond acceptors (Lipinski definition) is 5. The van der Waals surface area contributed by atoms with Gasteiger partial charge in [0.2, 0.25) is 0 Å². The molecule has 0 saturated carbocycles. The Balaban J connectivity index is 2.44. The van der Waals surface area contributed by atoms with E-state index in [0.29, 0.717) is 59.5 Å². The van der Waals surface area contributed by atoms with Gasteiger partial charge in [0, 0.05) is 5.33 Å². The van der Waals surface area contributed by atoms with E-state index in [-0.39, 0.29) is 5.60 Å². The summed E-state index contributed by atoms with van der Waals surface area (Å²) in [6.45, 7) is 7.55. The standard InChI is InChI=1S/C17H33BrO5/c1-2-3-4-5-6-17(15-18)16-22-12-11-20-8-7-19-9-10-21-13-14-23-17/h2-16H2,1H3. The van der Waals surface area contributed by atoms with Gasteiger partial charge in [-0.3, -0.25) is 0 Å². The van der Waals surface area contributed by atoms with Crippen molar-refractivity contribution in [3.05, 3.63) is 0 Å². The summed E-state index contributed by atoms with van der Waals surface area (Å²) in [4.78, 5) is 0. The van der Waals surface area contributed by atoms with Gasteiger partial charge in [-0.15, -0.1) is 0 Å². The largest absolute Gasteiger partial charge is 0.377 e. The Bertz CT molecular complexity index is 249. The minimum atomic E-state index is -0.270. The van der Waals surface area contributed by atoms with E-state index in [1.54, 1.807) is 0 Å². The Morgan fingerprint density at radius 2 is 1.30 bits per heavy atom. The highest BCUT2D eigenvalue weighted by Crippen LogP contribution is 2.24. The van der Waals surface area contributed by atoms with Crippen LogP contribution in [0.25, 0.3) is 0 Å². The predicted octanol–water partition coefficient (Wildman–Crippen LogP) is 3.19. The lowest BCUT2D eigenvalue weighted by Crippen LogP contribution is -2.41. The molecule has 1 heterocycles. The Labute approximate surface area is 149 Å². The van der Waals surface area contributed by atoms with Gasteiger partial charge in [0.1, 0.15) is 5.60 Å². The fourth-order valence-electron chi connectivity index (χ4n) is 2.44. The van der Waals surface area contributed by atoms with Gasteiger partial charge < -0.3 is 23.7 Å². The molecule has 0 aromatic rings. The molecule has 0 radical (unpaired) electrons. The van der Waals surface area contributed by atoms with Gasteiger partial charge >= 0.3 is 0 Å². The van der Waals surface area contributed by atoms with Crippen molar-refractivity contribution in [1.82, 2.24) is 0 Å². The summed E-state index contributed by atoms with van der Waals surface area (Å²) in [7, 11) is 0. The lowest BCUT2D eigenvalue weighted by atomic mass is 9.98. The van der Waals surface area contributed by atoms with Gasteiger partial charge in [0.15, 0.2) is 0 Å². The van der Waals surface area contributed by atoms with Crippen LogP contribution in [0.15, 0.2) is 0 Å². The van der Waals surface area contributed by atoms with Crippen molar-refractivity contribution in [1.29, 1.82) is 0 Å². The van der Waals surface area contributed by atoms with Crippen LogP contribution in [0.4, 0.5) is 0 Å². The molecule has 23 heavy (non-hydrogen) atoms. The Kier molecular flexibility index (Phi) is 13.5. The first-order valence-electron chi connectivity index (χ1n) is 8.84. The van der Waals surface area contributed by atoms with E-state index in [9.17, 15) is 0 Å². The zero-order chi connectivity index (χ0) is 16.6. The topological polar surface area (TPSA) is 46.2 Å². The molecule has 6 heteroatoms. The smallest absolute Gasteiger partial charge is 0.101 e. The molecule has 0 aliphatic carbocycles. The number of alkyl halides is 1. The van der Waals surface area contributed by atoms with Gasteiger partial charge in [-0.05, 0) is 6.42 Å². The van der Waals surface area contributed by atoms with Crippen LogP contribution in [-0.2, 0) is 23.7 Å². The third kappa shape index (κ3) is 10.7. The highest BCUT2D eigenvalue weighted by Gasteiger charge is 2.30.